The maximum atomic E-state index is 8.66. The quantitative estimate of drug-likeness (QED) is 0.796. The van der Waals surface area contributed by atoms with Crippen molar-refractivity contribution in [3.05, 3.63) is 26.6 Å². The Morgan fingerprint density at radius 1 is 1.33 bits per heavy atom. The van der Waals surface area contributed by atoms with Crippen LogP contribution in [0.4, 0.5) is 0 Å². The molecular weight excluding hydrogens is 286 g/mol. The Morgan fingerprint density at radius 2 is 2.00 bits per heavy atom. The van der Waals surface area contributed by atoms with Gasteiger partial charge in [-0.15, -0.1) is 0 Å². The van der Waals surface area contributed by atoms with Crippen molar-refractivity contribution < 1.29 is 4.74 Å². The molecule has 0 aliphatic rings. The first-order valence-electron chi connectivity index (χ1n) is 3.12. The number of nitrogens with zero attached hydrogens (tertiary/aromatic N) is 1. The van der Waals surface area contributed by atoms with Gasteiger partial charge in [0.05, 0.1) is 17.1 Å². The third kappa shape index (κ3) is 1.79. The minimum absolute atomic E-state index is 0.586. The molecule has 0 N–H and O–H groups in total. The lowest BCUT2D eigenvalue weighted by molar-refractivity contribution is 0.412. The van der Waals surface area contributed by atoms with E-state index in [2.05, 4.69) is 37.9 Å². The van der Waals surface area contributed by atoms with Gasteiger partial charge in [0.1, 0.15) is 11.8 Å². The Morgan fingerprint density at radius 3 is 2.50 bits per heavy atom. The summed E-state index contributed by atoms with van der Waals surface area (Å²) in [6.45, 7) is 0. The van der Waals surface area contributed by atoms with E-state index in [1.165, 1.54) is 0 Å². The molecule has 12 heavy (non-hydrogen) atoms. The molecule has 0 saturated carbocycles. The van der Waals surface area contributed by atoms with Crippen LogP contribution in [0.1, 0.15) is 5.56 Å². The molecule has 4 heteroatoms. The third-order valence-electron chi connectivity index (χ3n) is 1.36. The van der Waals surface area contributed by atoms with Gasteiger partial charge in [-0.3, -0.25) is 0 Å². The highest BCUT2D eigenvalue weighted by Crippen LogP contribution is 2.30. The van der Waals surface area contributed by atoms with Gasteiger partial charge in [0.25, 0.3) is 0 Å². The number of ether oxygens (including phenoxy) is 1. The van der Waals surface area contributed by atoms with E-state index in [0.29, 0.717) is 11.3 Å². The van der Waals surface area contributed by atoms with E-state index in [0.717, 1.165) is 8.95 Å². The van der Waals surface area contributed by atoms with Gasteiger partial charge in [0, 0.05) is 4.47 Å². The number of hydrogen-bond donors (Lipinski definition) is 0. The van der Waals surface area contributed by atoms with Crippen LogP contribution in [-0.2, 0) is 0 Å². The lowest BCUT2D eigenvalue weighted by Gasteiger charge is -2.03. The number of rotatable bonds is 1. The summed E-state index contributed by atoms with van der Waals surface area (Å²) in [5.41, 5.74) is 0.586. The van der Waals surface area contributed by atoms with Crippen molar-refractivity contribution in [1.82, 2.24) is 0 Å². The average Bonchev–Trinajstić information content (AvgIpc) is 2.08. The first-order chi connectivity index (χ1) is 5.69. The minimum atomic E-state index is 0.586. The fourth-order valence-corrected chi connectivity index (χ4v) is 1.69. The molecule has 2 nitrogen and oxygen atoms in total. The van der Waals surface area contributed by atoms with Gasteiger partial charge in [-0.25, -0.2) is 0 Å². The largest absolute Gasteiger partial charge is 0.496 e. The number of methoxy groups -OCH3 is 1. The SMILES string of the molecule is COc1cc(Br)c(C#N)cc1Br. The van der Waals surface area contributed by atoms with Gasteiger partial charge < -0.3 is 4.74 Å². The van der Waals surface area contributed by atoms with Crippen molar-refractivity contribution in [1.29, 1.82) is 5.26 Å². The van der Waals surface area contributed by atoms with Crippen molar-refractivity contribution in [2.24, 2.45) is 0 Å². The summed E-state index contributed by atoms with van der Waals surface area (Å²) < 4.78 is 6.56. The molecule has 0 saturated heterocycles. The molecule has 0 amide bonds. The Balaban J connectivity index is 3.28. The Kier molecular flexibility index (Phi) is 3.12. The van der Waals surface area contributed by atoms with Crippen LogP contribution in [0.3, 0.4) is 0 Å². The van der Waals surface area contributed by atoms with Gasteiger partial charge in [-0.1, -0.05) is 0 Å². The first-order valence-corrected chi connectivity index (χ1v) is 4.70. The lowest BCUT2D eigenvalue weighted by Crippen LogP contribution is -1.86. The number of nitriles is 1. The zero-order valence-electron chi connectivity index (χ0n) is 6.27. The molecule has 0 fully saturated rings. The predicted molar refractivity (Wildman–Crippen MR) is 53.1 cm³/mol. The summed E-state index contributed by atoms with van der Waals surface area (Å²) in [7, 11) is 1.58. The smallest absolute Gasteiger partial charge is 0.134 e. The molecule has 0 heterocycles. The fraction of sp³-hybridized carbons (Fsp3) is 0.125. The molecule has 0 bridgehead atoms. The van der Waals surface area contributed by atoms with Crippen molar-refractivity contribution in [2.75, 3.05) is 7.11 Å². The van der Waals surface area contributed by atoms with E-state index in [9.17, 15) is 0 Å². The Hall–Kier alpha value is -0.530. The van der Waals surface area contributed by atoms with E-state index in [-0.39, 0.29) is 0 Å². The van der Waals surface area contributed by atoms with Crippen LogP contribution in [-0.4, -0.2) is 7.11 Å². The monoisotopic (exact) mass is 289 g/mol. The molecule has 0 atom stereocenters. The molecule has 0 aliphatic carbocycles. The van der Waals surface area contributed by atoms with Gasteiger partial charge >= 0.3 is 0 Å². The first kappa shape index (κ1) is 9.56. The third-order valence-corrected chi connectivity index (χ3v) is 2.64. The maximum Gasteiger partial charge on any atom is 0.134 e. The molecule has 0 aliphatic heterocycles. The molecule has 0 aromatic heterocycles. The van der Waals surface area contributed by atoms with Crippen molar-refractivity contribution in [2.45, 2.75) is 0 Å². The Bertz CT molecular complexity index is 343. The van der Waals surface area contributed by atoms with Crippen LogP contribution in [0.15, 0.2) is 21.1 Å². The number of halogens is 2. The summed E-state index contributed by atoms with van der Waals surface area (Å²) in [6.07, 6.45) is 0. The molecule has 1 aromatic carbocycles. The van der Waals surface area contributed by atoms with E-state index in [1.807, 2.05) is 0 Å². The van der Waals surface area contributed by atoms with Crippen LogP contribution < -0.4 is 4.74 Å². The van der Waals surface area contributed by atoms with Crippen LogP contribution in [0.2, 0.25) is 0 Å². The second-order valence-electron chi connectivity index (χ2n) is 2.08. The van der Waals surface area contributed by atoms with E-state index < -0.39 is 0 Å². The van der Waals surface area contributed by atoms with Gasteiger partial charge in [-0.05, 0) is 44.0 Å². The summed E-state index contributed by atoms with van der Waals surface area (Å²) in [5.74, 6) is 0.709. The molecule has 1 rings (SSSR count). The molecular formula is C8H5Br2NO. The Labute approximate surface area is 87.4 Å². The second-order valence-corrected chi connectivity index (χ2v) is 3.79. The number of hydrogen-bond acceptors (Lipinski definition) is 2. The summed E-state index contributed by atoms with van der Waals surface area (Å²) in [5, 5.41) is 8.66. The lowest BCUT2D eigenvalue weighted by atomic mass is 10.2. The van der Waals surface area contributed by atoms with Crippen molar-refractivity contribution in [3.8, 4) is 11.8 Å². The summed E-state index contributed by atoms with van der Waals surface area (Å²) >= 11 is 6.54. The minimum Gasteiger partial charge on any atom is -0.496 e. The topological polar surface area (TPSA) is 33.0 Å². The van der Waals surface area contributed by atoms with Gasteiger partial charge in [0.15, 0.2) is 0 Å². The van der Waals surface area contributed by atoms with Gasteiger partial charge in [0.2, 0.25) is 0 Å². The van der Waals surface area contributed by atoms with Crippen LogP contribution in [0.5, 0.6) is 5.75 Å². The zero-order chi connectivity index (χ0) is 9.14. The standard InChI is InChI=1S/C8H5Br2NO/c1-12-8-3-6(9)5(4-11)2-7(8)10/h2-3H,1H3. The molecule has 0 radical (unpaired) electrons. The zero-order valence-corrected chi connectivity index (χ0v) is 9.44. The average molecular weight is 291 g/mol. The molecule has 62 valence electrons. The summed E-state index contributed by atoms with van der Waals surface area (Å²) in [6, 6.07) is 5.52. The molecule has 1 aromatic rings. The fourth-order valence-electron chi connectivity index (χ4n) is 0.771. The van der Waals surface area contributed by atoms with Crippen molar-refractivity contribution in [3.63, 3.8) is 0 Å². The summed E-state index contributed by atoms with van der Waals surface area (Å²) in [4.78, 5) is 0. The number of benzene rings is 1. The van der Waals surface area contributed by atoms with E-state index in [4.69, 9.17) is 10.00 Å². The van der Waals surface area contributed by atoms with E-state index >= 15 is 0 Å². The van der Waals surface area contributed by atoms with Gasteiger partial charge in [-0.2, -0.15) is 5.26 Å². The predicted octanol–water partition coefficient (Wildman–Crippen LogP) is 3.09. The molecule has 0 unspecified atom stereocenters. The maximum absolute atomic E-state index is 8.66. The van der Waals surface area contributed by atoms with Crippen LogP contribution in [0.25, 0.3) is 0 Å². The normalized spacial score (nSPS) is 9.17. The van der Waals surface area contributed by atoms with Crippen molar-refractivity contribution >= 4 is 31.9 Å². The second kappa shape index (κ2) is 3.92. The highest BCUT2D eigenvalue weighted by atomic mass is 79.9. The molecule has 0 spiro atoms. The van der Waals surface area contributed by atoms with Crippen LogP contribution in [0, 0.1) is 11.3 Å². The van der Waals surface area contributed by atoms with Crippen LogP contribution >= 0.6 is 31.9 Å². The highest BCUT2D eigenvalue weighted by Gasteiger charge is 2.05. The highest BCUT2D eigenvalue weighted by molar-refractivity contribution is 9.11. The van der Waals surface area contributed by atoms with E-state index in [1.54, 1.807) is 19.2 Å².